The van der Waals surface area contributed by atoms with Gasteiger partial charge in [-0.25, -0.2) is 9.59 Å². The summed E-state index contributed by atoms with van der Waals surface area (Å²) in [6, 6.07) is 6.48. The summed E-state index contributed by atoms with van der Waals surface area (Å²) < 4.78 is 11.2. The van der Waals surface area contributed by atoms with Crippen LogP contribution in [-0.4, -0.2) is 25.2 Å². The first kappa shape index (κ1) is 33.1. The van der Waals surface area contributed by atoms with E-state index in [2.05, 4.69) is 67.2 Å². The molecule has 1 aromatic carbocycles. The zero-order chi connectivity index (χ0) is 31.2. The van der Waals surface area contributed by atoms with E-state index in [1.165, 1.54) is 6.07 Å². The highest BCUT2D eigenvalue weighted by Gasteiger charge is 2.40. The van der Waals surface area contributed by atoms with Gasteiger partial charge in [0.2, 0.25) is 0 Å². The lowest BCUT2D eigenvalue weighted by atomic mass is 9.61. The van der Waals surface area contributed by atoms with Gasteiger partial charge in [-0.3, -0.25) is 0 Å². The van der Waals surface area contributed by atoms with E-state index in [0.29, 0.717) is 23.0 Å². The van der Waals surface area contributed by atoms with Crippen molar-refractivity contribution in [2.75, 3.05) is 13.2 Å². The normalized spacial score (nSPS) is 29.0. The van der Waals surface area contributed by atoms with Gasteiger partial charge in [-0.1, -0.05) is 69.5 Å². The average molecular weight is 571 g/mol. The molecule has 0 unspecified atom stereocenters. The lowest BCUT2D eigenvalue weighted by Gasteiger charge is -2.43. The number of hydrogen-bond acceptors (Lipinski definition) is 4. The molecule has 42 heavy (non-hydrogen) atoms. The van der Waals surface area contributed by atoms with Crippen LogP contribution in [0.3, 0.4) is 0 Å². The van der Waals surface area contributed by atoms with E-state index in [-0.39, 0.29) is 35.9 Å². The highest BCUT2D eigenvalue weighted by Crippen LogP contribution is 2.49. The predicted molar refractivity (Wildman–Crippen MR) is 173 cm³/mol. The maximum atomic E-state index is 12.9. The Morgan fingerprint density at radius 1 is 0.786 bits per heavy atom. The van der Waals surface area contributed by atoms with Gasteiger partial charge in [0.15, 0.2) is 0 Å². The summed E-state index contributed by atoms with van der Waals surface area (Å²) in [4.78, 5) is 25.8. The van der Waals surface area contributed by atoms with Crippen LogP contribution in [0, 0.1) is 34.5 Å². The smallest absolute Gasteiger partial charge is 0.338 e. The molecule has 0 aromatic heterocycles. The minimum atomic E-state index is -0.489. The topological polar surface area (TPSA) is 52.6 Å². The molecule has 0 N–H and O–H groups in total. The fourth-order valence-electron chi connectivity index (χ4n) is 6.91. The molecule has 0 bridgehead atoms. The second kappa shape index (κ2) is 13.7. The second-order valence-electron chi connectivity index (χ2n) is 13.2. The lowest BCUT2D eigenvalue weighted by molar-refractivity contribution is 0.0519. The van der Waals surface area contributed by atoms with Crippen molar-refractivity contribution in [3.63, 3.8) is 0 Å². The summed E-state index contributed by atoms with van der Waals surface area (Å²) in [5.74, 6) is 0.161. The Labute approximate surface area is 254 Å². The van der Waals surface area contributed by atoms with Crippen molar-refractivity contribution in [3.05, 3.63) is 109 Å². The van der Waals surface area contributed by atoms with Crippen molar-refractivity contribution < 1.29 is 19.1 Å². The molecule has 2 fully saturated rings. The highest BCUT2D eigenvalue weighted by molar-refractivity contribution is 5.95. The standard InChI is InChI=1S/C38H50O4/c1-11-37(9)18-16-29(21-33(37)25(3)4)27(7)23-41-35(39)31-14-13-15-32(20-31)36(40)42-24-28(8)30-17-19-38(10,12-2)34(22-30)26(5)6/h11-15,20,29-30,33-34H,1-3,5,7-8,16-19,21-24H2,4,6,9-10H3/t29-,30-,33+,34+,37-,38-/m1/s1. The van der Waals surface area contributed by atoms with Crippen LogP contribution < -0.4 is 0 Å². The van der Waals surface area contributed by atoms with Crippen molar-refractivity contribution >= 4 is 11.9 Å². The number of hydrogen-bond donors (Lipinski definition) is 0. The Hall–Kier alpha value is -3.40. The molecule has 0 saturated heterocycles. The van der Waals surface area contributed by atoms with E-state index in [4.69, 9.17) is 9.47 Å². The molecule has 2 saturated carbocycles. The Morgan fingerprint density at radius 2 is 1.17 bits per heavy atom. The third-order valence-electron chi connectivity index (χ3n) is 10.1. The number of benzene rings is 1. The summed E-state index contributed by atoms with van der Waals surface area (Å²) in [6.07, 6.45) is 9.86. The zero-order valence-corrected chi connectivity index (χ0v) is 26.3. The number of ether oxygens (including phenoxy) is 2. The molecule has 226 valence electrons. The van der Waals surface area contributed by atoms with E-state index in [1.807, 2.05) is 12.2 Å². The molecule has 1 aromatic rings. The number of carbonyl (C=O) groups is 2. The Morgan fingerprint density at radius 3 is 1.50 bits per heavy atom. The van der Waals surface area contributed by atoms with Gasteiger partial charge in [-0.15, -0.1) is 13.2 Å². The van der Waals surface area contributed by atoms with E-state index >= 15 is 0 Å². The van der Waals surface area contributed by atoms with Gasteiger partial charge in [-0.2, -0.15) is 0 Å². The number of rotatable bonds is 12. The van der Waals surface area contributed by atoms with Gasteiger partial charge in [0.1, 0.15) is 13.2 Å². The van der Waals surface area contributed by atoms with Crippen LogP contribution in [0.1, 0.15) is 86.9 Å². The molecule has 4 heteroatoms. The zero-order valence-electron chi connectivity index (χ0n) is 26.3. The molecule has 6 atom stereocenters. The van der Waals surface area contributed by atoms with Crippen molar-refractivity contribution in [1.82, 2.24) is 0 Å². The molecular formula is C38H50O4. The fraction of sp³-hybridized carbons (Fsp3) is 0.474. The summed E-state index contributed by atoms with van der Waals surface area (Å²) in [5, 5.41) is 0. The molecule has 0 radical (unpaired) electrons. The fourth-order valence-corrected chi connectivity index (χ4v) is 6.91. The second-order valence-corrected chi connectivity index (χ2v) is 13.2. The van der Waals surface area contributed by atoms with Crippen molar-refractivity contribution in [1.29, 1.82) is 0 Å². The van der Waals surface area contributed by atoms with Crippen LogP contribution in [-0.2, 0) is 9.47 Å². The quantitative estimate of drug-likeness (QED) is 0.185. The van der Waals surface area contributed by atoms with Crippen LogP contribution in [0.5, 0.6) is 0 Å². The van der Waals surface area contributed by atoms with Crippen LogP contribution in [0.2, 0.25) is 0 Å². The Kier molecular flexibility index (Phi) is 10.8. The van der Waals surface area contributed by atoms with Gasteiger partial charge in [-0.05, 0) is 116 Å². The van der Waals surface area contributed by atoms with Gasteiger partial charge in [0, 0.05) is 0 Å². The third-order valence-corrected chi connectivity index (χ3v) is 10.1. The van der Waals surface area contributed by atoms with Gasteiger partial charge >= 0.3 is 11.9 Å². The Balaban J connectivity index is 1.54. The van der Waals surface area contributed by atoms with Crippen LogP contribution in [0.25, 0.3) is 0 Å². The molecule has 0 amide bonds. The SMILES string of the molecule is C=C[C@]1(C)CC[C@@H](C(=C)COC(=O)c2cccc(C(=O)OCC(=C)[C@@H]3CC[C@@](C)(C=C)[C@H](C(=C)C)C3)c2)C[C@H]1C(=C)C. The van der Waals surface area contributed by atoms with E-state index in [9.17, 15) is 9.59 Å². The molecular weight excluding hydrogens is 520 g/mol. The predicted octanol–water partition coefficient (Wildman–Crippen LogP) is 9.48. The summed E-state index contributed by atoms with van der Waals surface area (Å²) in [7, 11) is 0. The largest absolute Gasteiger partial charge is 0.458 e. The molecule has 0 spiro atoms. The van der Waals surface area contributed by atoms with Crippen molar-refractivity contribution in [2.45, 2.75) is 66.2 Å². The highest BCUT2D eigenvalue weighted by atomic mass is 16.5. The van der Waals surface area contributed by atoms with Gasteiger partial charge < -0.3 is 9.47 Å². The minimum absolute atomic E-state index is 0.0249. The Bertz CT molecular complexity index is 1170. The van der Waals surface area contributed by atoms with Gasteiger partial charge in [0.05, 0.1) is 11.1 Å². The summed E-state index contributed by atoms with van der Waals surface area (Å²) in [6.45, 7) is 33.9. The number of esters is 2. The maximum absolute atomic E-state index is 12.9. The number of allylic oxidation sites excluding steroid dienone is 4. The van der Waals surface area contributed by atoms with Gasteiger partial charge in [0.25, 0.3) is 0 Å². The van der Waals surface area contributed by atoms with E-state index < -0.39 is 11.9 Å². The first-order chi connectivity index (χ1) is 19.7. The van der Waals surface area contributed by atoms with E-state index in [1.54, 1.807) is 18.2 Å². The minimum Gasteiger partial charge on any atom is -0.458 e. The molecule has 3 rings (SSSR count). The van der Waals surface area contributed by atoms with Crippen molar-refractivity contribution in [3.8, 4) is 0 Å². The van der Waals surface area contributed by atoms with E-state index in [0.717, 1.165) is 60.8 Å². The lowest BCUT2D eigenvalue weighted by Crippen LogP contribution is -2.34. The first-order valence-corrected chi connectivity index (χ1v) is 15.1. The first-order valence-electron chi connectivity index (χ1n) is 15.1. The monoisotopic (exact) mass is 570 g/mol. The molecule has 0 heterocycles. The molecule has 2 aliphatic carbocycles. The average Bonchev–Trinajstić information content (AvgIpc) is 2.98. The van der Waals surface area contributed by atoms with Crippen LogP contribution in [0.15, 0.2) is 98.2 Å². The molecule has 4 nitrogen and oxygen atoms in total. The van der Waals surface area contributed by atoms with Crippen LogP contribution in [0.4, 0.5) is 0 Å². The maximum Gasteiger partial charge on any atom is 0.338 e. The summed E-state index contributed by atoms with van der Waals surface area (Å²) >= 11 is 0. The molecule has 2 aliphatic rings. The number of carbonyl (C=O) groups excluding carboxylic acids is 2. The van der Waals surface area contributed by atoms with Crippen LogP contribution >= 0.6 is 0 Å². The summed E-state index contributed by atoms with van der Waals surface area (Å²) in [5.41, 5.74) is 4.75. The third kappa shape index (κ3) is 7.51. The molecule has 0 aliphatic heterocycles. The van der Waals surface area contributed by atoms with Crippen molar-refractivity contribution in [2.24, 2.45) is 34.5 Å².